The van der Waals surface area contributed by atoms with Crippen molar-refractivity contribution in [1.82, 2.24) is 0 Å². The van der Waals surface area contributed by atoms with Crippen LogP contribution in [0.4, 0.5) is 0 Å². The smallest absolute Gasteiger partial charge is 0.187 e. The second-order valence-corrected chi connectivity index (χ2v) is 5.52. The zero-order chi connectivity index (χ0) is 11.8. The summed E-state index contributed by atoms with van der Waals surface area (Å²) < 4.78 is 0. The molecule has 0 saturated heterocycles. The van der Waals surface area contributed by atoms with Crippen molar-refractivity contribution in [1.29, 1.82) is 0 Å². The monoisotopic (exact) mass is 260 g/mol. The molecule has 1 nitrogen and oxygen atoms in total. The number of thioether (sulfide) groups is 1. The van der Waals surface area contributed by atoms with E-state index < -0.39 is 0 Å². The van der Waals surface area contributed by atoms with Crippen molar-refractivity contribution >= 4 is 29.1 Å². The van der Waals surface area contributed by atoms with Gasteiger partial charge in [-0.1, -0.05) is 35.5 Å². The Morgan fingerprint density at radius 1 is 1.18 bits per heavy atom. The lowest BCUT2D eigenvalue weighted by Gasteiger charge is -2.12. The predicted molar refractivity (Wildman–Crippen MR) is 71.3 cm³/mol. The lowest BCUT2D eigenvalue weighted by atomic mass is 10.0. The van der Waals surface area contributed by atoms with Gasteiger partial charge in [-0.25, -0.2) is 0 Å². The Kier molecular flexibility index (Phi) is 2.69. The van der Waals surface area contributed by atoms with Gasteiger partial charge in [0.1, 0.15) is 0 Å². The molecule has 1 heterocycles. The van der Waals surface area contributed by atoms with Gasteiger partial charge in [0, 0.05) is 26.8 Å². The van der Waals surface area contributed by atoms with Gasteiger partial charge in [0.05, 0.1) is 0 Å². The molecule has 0 unspecified atom stereocenters. The average molecular weight is 261 g/mol. The number of benzene rings is 1. The van der Waals surface area contributed by atoms with Crippen molar-refractivity contribution in [2.45, 2.75) is 11.3 Å². The molecule has 0 bridgehead atoms. The minimum Gasteiger partial charge on any atom is -0.289 e. The van der Waals surface area contributed by atoms with E-state index in [0.29, 0.717) is 6.42 Å². The molecule has 0 radical (unpaired) electrons. The molecule has 3 rings (SSSR count). The normalized spacial score (nSPS) is 18.4. The van der Waals surface area contributed by atoms with Crippen LogP contribution in [0, 0.1) is 0 Å². The van der Waals surface area contributed by atoms with Gasteiger partial charge in [-0.15, -0.1) is 0 Å². The Bertz CT molecular complexity index is 596. The van der Waals surface area contributed by atoms with Crippen molar-refractivity contribution in [2.24, 2.45) is 0 Å². The summed E-state index contributed by atoms with van der Waals surface area (Å²) in [5.41, 5.74) is 1.79. The van der Waals surface area contributed by atoms with Crippen molar-refractivity contribution in [3.8, 4) is 0 Å². The number of allylic oxidation sites excluding steroid dienone is 5. The Balaban J connectivity index is 2.14. The Morgan fingerprint density at radius 2 is 2.00 bits per heavy atom. The Labute approximate surface area is 109 Å². The second kappa shape index (κ2) is 4.21. The van der Waals surface area contributed by atoms with Crippen LogP contribution in [0.25, 0.3) is 0 Å². The molecule has 17 heavy (non-hydrogen) atoms. The van der Waals surface area contributed by atoms with Gasteiger partial charge in [-0.3, -0.25) is 4.79 Å². The summed E-state index contributed by atoms with van der Waals surface area (Å²) in [6, 6.07) is 7.70. The molecule has 0 fully saturated rings. The number of rotatable bonds is 0. The van der Waals surface area contributed by atoms with Crippen LogP contribution in [0.1, 0.15) is 16.8 Å². The molecular weight excluding hydrogens is 252 g/mol. The fourth-order valence-corrected chi connectivity index (χ4v) is 3.20. The largest absolute Gasteiger partial charge is 0.289 e. The van der Waals surface area contributed by atoms with Gasteiger partial charge in [0.15, 0.2) is 5.78 Å². The number of carbonyl (C=O) groups excluding carboxylic acids is 1. The predicted octanol–water partition coefficient (Wildman–Crippen LogP) is 4.31. The highest BCUT2D eigenvalue weighted by atomic mass is 35.5. The number of carbonyl (C=O) groups is 1. The first kappa shape index (κ1) is 10.9. The van der Waals surface area contributed by atoms with Crippen LogP contribution in [0.5, 0.6) is 0 Å². The highest BCUT2D eigenvalue weighted by molar-refractivity contribution is 8.03. The van der Waals surface area contributed by atoms with Crippen LogP contribution in [0.15, 0.2) is 62.9 Å². The van der Waals surface area contributed by atoms with E-state index in [1.54, 1.807) is 17.8 Å². The van der Waals surface area contributed by atoms with Crippen molar-refractivity contribution < 1.29 is 4.79 Å². The maximum atomic E-state index is 12.1. The van der Waals surface area contributed by atoms with Crippen LogP contribution in [0.3, 0.4) is 0 Å². The molecule has 1 aromatic carbocycles. The molecule has 2 aliphatic rings. The molecule has 0 N–H and O–H groups in total. The first-order valence-electron chi connectivity index (χ1n) is 5.32. The SMILES string of the molecule is O=C1C=C2CC(Cl)=CC=C2Sc2ccccc21. The van der Waals surface area contributed by atoms with Crippen LogP contribution in [-0.4, -0.2) is 5.78 Å². The van der Waals surface area contributed by atoms with Gasteiger partial charge in [-0.2, -0.15) is 0 Å². The lowest BCUT2D eigenvalue weighted by Crippen LogP contribution is -1.96. The van der Waals surface area contributed by atoms with E-state index >= 15 is 0 Å². The quantitative estimate of drug-likeness (QED) is 0.691. The molecule has 0 amide bonds. The summed E-state index contributed by atoms with van der Waals surface area (Å²) >= 11 is 7.64. The van der Waals surface area contributed by atoms with Gasteiger partial charge >= 0.3 is 0 Å². The maximum Gasteiger partial charge on any atom is 0.187 e. The highest BCUT2D eigenvalue weighted by Gasteiger charge is 2.21. The van der Waals surface area contributed by atoms with E-state index in [0.717, 1.165) is 26.0 Å². The van der Waals surface area contributed by atoms with Crippen molar-refractivity contribution in [3.05, 3.63) is 63.6 Å². The molecule has 1 aliphatic carbocycles. The van der Waals surface area contributed by atoms with Gasteiger partial charge < -0.3 is 0 Å². The summed E-state index contributed by atoms with van der Waals surface area (Å²) in [6.07, 6.45) is 6.25. The fourth-order valence-electron chi connectivity index (χ4n) is 1.94. The first-order chi connectivity index (χ1) is 8.24. The zero-order valence-electron chi connectivity index (χ0n) is 8.94. The van der Waals surface area contributed by atoms with Gasteiger partial charge in [0.25, 0.3) is 0 Å². The second-order valence-electron chi connectivity index (χ2n) is 3.95. The third-order valence-corrected chi connectivity index (χ3v) is 4.22. The van der Waals surface area contributed by atoms with Gasteiger partial charge in [0.2, 0.25) is 0 Å². The number of halogens is 1. The highest BCUT2D eigenvalue weighted by Crippen LogP contribution is 2.41. The van der Waals surface area contributed by atoms with E-state index in [-0.39, 0.29) is 5.78 Å². The molecule has 0 aromatic heterocycles. The average Bonchev–Trinajstić information content (AvgIpc) is 2.46. The van der Waals surface area contributed by atoms with E-state index in [1.807, 2.05) is 36.4 Å². The first-order valence-corrected chi connectivity index (χ1v) is 6.52. The van der Waals surface area contributed by atoms with E-state index in [9.17, 15) is 4.79 Å². The van der Waals surface area contributed by atoms with Crippen LogP contribution < -0.4 is 0 Å². The molecule has 0 saturated carbocycles. The zero-order valence-corrected chi connectivity index (χ0v) is 10.5. The number of hydrogen-bond acceptors (Lipinski definition) is 2. The molecule has 0 spiro atoms. The number of ketones is 1. The summed E-state index contributed by atoms with van der Waals surface area (Å²) in [6.45, 7) is 0. The van der Waals surface area contributed by atoms with Crippen LogP contribution in [-0.2, 0) is 0 Å². The lowest BCUT2D eigenvalue weighted by molar-refractivity contribution is 0.104. The molecule has 0 atom stereocenters. The molecule has 1 aromatic rings. The van der Waals surface area contributed by atoms with Crippen molar-refractivity contribution in [2.75, 3.05) is 0 Å². The Morgan fingerprint density at radius 3 is 2.88 bits per heavy atom. The maximum absolute atomic E-state index is 12.1. The third kappa shape index (κ3) is 1.99. The molecule has 1 aliphatic heterocycles. The standard InChI is InChI=1S/C14H9ClOS/c15-10-5-6-13-9(7-10)8-12(16)11-3-1-2-4-14(11)17-13/h1-6,8H,7H2. The number of fused-ring (bicyclic) bond motifs is 2. The molecule has 3 heteroatoms. The summed E-state index contributed by atoms with van der Waals surface area (Å²) in [4.78, 5) is 14.2. The summed E-state index contributed by atoms with van der Waals surface area (Å²) in [5.74, 6) is 0.0675. The van der Waals surface area contributed by atoms with Crippen molar-refractivity contribution in [3.63, 3.8) is 0 Å². The summed E-state index contributed by atoms with van der Waals surface area (Å²) in [5, 5.41) is 0.777. The Hall–Kier alpha value is -1.25. The third-order valence-electron chi connectivity index (χ3n) is 2.77. The minimum absolute atomic E-state index is 0.0675. The summed E-state index contributed by atoms with van der Waals surface area (Å²) in [7, 11) is 0. The van der Waals surface area contributed by atoms with E-state index in [1.165, 1.54) is 0 Å². The van der Waals surface area contributed by atoms with Crippen LogP contribution in [0.2, 0.25) is 0 Å². The molecule has 84 valence electrons. The number of hydrogen-bond donors (Lipinski definition) is 0. The van der Waals surface area contributed by atoms with Crippen LogP contribution >= 0.6 is 23.4 Å². The van der Waals surface area contributed by atoms with Gasteiger partial charge in [-0.05, 0) is 35.9 Å². The minimum atomic E-state index is 0.0675. The van der Waals surface area contributed by atoms with E-state index in [4.69, 9.17) is 11.6 Å². The topological polar surface area (TPSA) is 17.1 Å². The van der Waals surface area contributed by atoms with E-state index in [2.05, 4.69) is 0 Å². The molecular formula is C14H9ClOS. The fraction of sp³-hybridized carbons (Fsp3) is 0.0714.